The normalized spacial score (nSPS) is 46.6. The Hall–Kier alpha value is -1.65. The summed E-state index contributed by atoms with van der Waals surface area (Å²) in [4.78, 5) is 38.4. The van der Waals surface area contributed by atoms with E-state index in [1.165, 1.54) is 0 Å². The fourth-order valence-corrected chi connectivity index (χ4v) is 11.2. The van der Waals surface area contributed by atoms with Crippen LogP contribution in [0.1, 0.15) is 113 Å². The third-order valence-corrected chi connectivity index (χ3v) is 13.0. The molecule has 206 valence electrons. The Morgan fingerprint density at radius 2 is 1.57 bits per heavy atom. The molecule has 1 N–H and O–H groups in total. The zero-order chi connectivity index (χ0) is 27.3. The smallest absolute Gasteiger partial charge is 0.314 e. The van der Waals surface area contributed by atoms with E-state index >= 15 is 0 Å². The number of carboxylic acids is 1. The van der Waals surface area contributed by atoms with Crippen molar-refractivity contribution in [3.05, 3.63) is 11.1 Å². The minimum atomic E-state index is -1.02. The van der Waals surface area contributed by atoms with Crippen molar-refractivity contribution in [3.8, 4) is 0 Å². The average molecular weight is 513 g/mol. The van der Waals surface area contributed by atoms with Crippen LogP contribution in [0.3, 0.4) is 0 Å². The van der Waals surface area contributed by atoms with E-state index in [0.29, 0.717) is 18.3 Å². The molecule has 4 fully saturated rings. The van der Waals surface area contributed by atoms with Crippen molar-refractivity contribution in [1.82, 2.24) is 0 Å². The van der Waals surface area contributed by atoms with Gasteiger partial charge in [0, 0.05) is 18.8 Å². The Labute approximate surface area is 223 Å². The topological polar surface area (TPSA) is 80.7 Å². The molecule has 4 saturated carbocycles. The van der Waals surface area contributed by atoms with E-state index in [1.54, 1.807) is 6.92 Å². The number of allylic oxidation sites excluding steroid dienone is 1. The van der Waals surface area contributed by atoms with Gasteiger partial charge in [-0.15, -0.1) is 0 Å². The van der Waals surface area contributed by atoms with Crippen LogP contribution >= 0.6 is 0 Å². The molecule has 5 aliphatic carbocycles. The first-order valence-corrected chi connectivity index (χ1v) is 14.7. The standard InChI is InChI=1S/C32H48O5/c1-18(2)25-21(34)17-32(27(35)36)16-15-29(6)20(26(25)32)9-10-23-30(29,7)14-11-22-28(4,5)13-12-24(31(22,23)8)37-19(3)33/h18,20,22-24H,9-17H2,1-8H3,(H,35,36)/t20-,22+,23+,24?,29-,30-,31+,32-/m1/s1. The molecule has 0 bridgehead atoms. The summed E-state index contributed by atoms with van der Waals surface area (Å²) in [7, 11) is 0. The number of ketones is 1. The van der Waals surface area contributed by atoms with Gasteiger partial charge in [-0.05, 0) is 102 Å². The molecule has 0 radical (unpaired) electrons. The van der Waals surface area contributed by atoms with E-state index in [9.17, 15) is 19.5 Å². The zero-order valence-corrected chi connectivity index (χ0v) is 24.3. The van der Waals surface area contributed by atoms with Crippen LogP contribution in [0, 0.1) is 50.7 Å². The average Bonchev–Trinajstić information content (AvgIpc) is 3.09. The number of esters is 1. The first-order valence-electron chi connectivity index (χ1n) is 14.7. The van der Waals surface area contributed by atoms with Gasteiger partial charge in [-0.2, -0.15) is 0 Å². The fraction of sp³-hybridized carbons (Fsp3) is 0.844. The molecule has 0 aliphatic heterocycles. The van der Waals surface area contributed by atoms with Gasteiger partial charge in [0.05, 0.1) is 5.41 Å². The maximum Gasteiger partial charge on any atom is 0.314 e. The Balaban J connectivity index is 1.64. The van der Waals surface area contributed by atoms with Crippen molar-refractivity contribution < 1.29 is 24.2 Å². The van der Waals surface area contributed by atoms with Crippen LogP contribution < -0.4 is 0 Å². The summed E-state index contributed by atoms with van der Waals surface area (Å²) in [5.41, 5.74) is 0.761. The third kappa shape index (κ3) is 3.30. The third-order valence-electron chi connectivity index (χ3n) is 13.0. The van der Waals surface area contributed by atoms with Gasteiger partial charge in [0.25, 0.3) is 0 Å². The minimum absolute atomic E-state index is 0.0155. The Morgan fingerprint density at radius 3 is 2.16 bits per heavy atom. The Bertz CT molecular complexity index is 1070. The van der Waals surface area contributed by atoms with Gasteiger partial charge in [0.15, 0.2) is 5.78 Å². The number of aliphatic carboxylic acids is 1. The van der Waals surface area contributed by atoms with Gasteiger partial charge >= 0.3 is 11.9 Å². The molecule has 5 nitrogen and oxygen atoms in total. The molecule has 5 aliphatic rings. The molecule has 0 spiro atoms. The van der Waals surface area contributed by atoms with Crippen LogP contribution in [-0.2, 0) is 19.1 Å². The molecule has 37 heavy (non-hydrogen) atoms. The quantitative estimate of drug-likeness (QED) is 0.413. The van der Waals surface area contributed by atoms with Gasteiger partial charge in [-0.3, -0.25) is 14.4 Å². The molecule has 1 unspecified atom stereocenters. The Kier molecular flexibility index (Phi) is 5.95. The second-order valence-corrected chi connectivity index (χ2v) is 15.1. The molecular formula is C32H48O5. The van der Waals surface area contributed by atoms with Crippen LogP contribution in [-0.4, -0.2) is 28.9 Å². The highest BCUT2D eigenvalue weighted by Crippen LogP contribution is 2.76. The van der Waals surface area contributed by atoms with Crippen molar-refractivity contribution in [3.63, 3.8) is 0 Å². The molecule has 0 aromatic heterocycles. The summed E-state index contributed by atoms with van der Waals surface area (Å²) in [5.74, 6) is 0.0997. The number of fused-ring (bicyclic) bond motifs is 7. The number of carboxylic acid groups (broad SMARTS) is 1. The van der Waals surface area contributed by atoms with Gasteiger partial charge < -0.3 is 9.84 Å². The largest absolute Gasteiger partial charge is 0.481 e. The van der Waals surface area contributed by atoms with Crippen LogP contribution in [0.2, 0.25) is 0 Å². The molecule has 0 heterocycles. The van der Waals surface area contributed by atoms with E-state index in [1.807, 2.05) is 0 Å². The number of hydrogen-bond donors (Lipinski definition) is 1. The fourth-order valence-electron chi connectivity index (χ4n) is 11.2. The summed E-state index contributed by atoms with van der Waals surface area (Å²) >= 11 is 0. The van der Waals surface area contributed by atoms with Crippen molar-refractivity contribution in [1.29, 1.82) is 0 Å². The summed E-state index contributed by atoms with van der Waals surface area (Å²) < 4.78 is 6.13. The second kappa shape index (κ2) is 8.18. The monoisotopic (exact) mass is 512 g/mol. The van der Waals surface area contributed by atoms with E-state index in [2.05, 4.69) is 48.5 Å². The van der Waals surface area contributed by atoms with E-state index in [-0.39, 0.29) is 57.8 Å². The lowest BCUT2D eigenvalue weighted by Crippen LogP contribution is -2.67. The van der Waals surface area contributed by atoms with Crippen LogP contribution in [0.15, 0.2) is 11.1 Å². The summed E-state index contributed by atoms with van der Waals surface area (Å²) in [5, 5.41) is 10.5. The number of carbonyl (C=O) groups excluding carboxylic acids is 2. The van der Waals surface area contributed by atoms with Crippen molar-refractivity contribution >= 4 is 17.7 Å². The predicted octanol–water partition coefficient (Wildman–Crippen LogP) is 6.98. The summed E-state index contributed by atoms with van der Waals surface area (Å²) in [6.45, 7) is 17.8. The molecule has 8 atom stereocenters. The molecular weight excluding hydrogens is 464 g/mol. The first kappa shape index (κ1) is 26.9. The number of hydrogen-bond acceptors (Lipinski definition) is 4. The summed E-state index contributed by atoms with van der Waals surface area (Å²) in [6.07, 6.45) is 7.56. The van der Waals surface area contributed by atoms with Gasteiger partial charge in [-0.25, -0.2) is 0 Å². The second-order valence-electron chi connectivity index (χ2n) is 15.1. The van der Waals surface area contributed by atoms with E-state index < -0.39 is 11.4 Å². The number of ether oxygens (including phenoxy) is 1. The molecule has 0 saturated heterocycles. The van der Waals surface area contributed by atoms with Crippen LogP contribution in [0.5, 0.6) is 0 Å². The highest BCUT2D eigenvalue weighted by atomic mass is 16.5. The lowest BCUT2D eigenvalue weighted by atomic mass is 9.32. The van der Waals surface area contributed by atoms with Crippen molar-refractivity contribution in [2.24, 2.45) is 50.7 Å². The maximum atomic E-state index is 13.3. The van der Waals surface area contributed by atoms with E-state index in [0.717, 1.165) is 56.1 Å². The molecule has 0 amide bonds. The first-order chi connectivity index (χ1) is 17.1. The zero-order valence-electron chi connectivity index (χ0n) is 24.3. The summed E-state index contributed by atoms with van der Waals surface area (Å²) in [6, 6.07) is 0. The molecule has 0 aromatic rings. The van der Waals surface area contributed by atoms with Crippen molar-refractivity contribution in [2.75, 3.05) is 0 Å². The van der Waals surface area contributed by atoms with Crippen molar-refractivity contribution in [2.45, 2.75) is 119 Å². The minimum Gasteiger partial charge on any atom is -0.481 e. The molecule has 0 aromatic carbocycles. The highest BCUT2D eigenvalue weighted by molar-refractivity contribution is 6.05. The Morgan fingerprint density at radius 1 is 0.892 bits per heavy atom. The van der Waals surface area contributed by atoms with Crippen LogP contribution in [0.4, 0.5) is 0 Å². The predicted molar refractivity (Wildman–Crippen MR) is 143 cm³/mol. The maximum absolute atomic E-state index is 13.3. The SMILES string of the molecule is CC(=O)OC1CCC(C)(C)[C@@H]2CC[C@]3(C)[C@H](CC[C@@H]4C5=C(C(C)C)C(=O)C[C@]5(C(=O)O)CC[C@]43C)[C@@]12C. The van der Waals surface area contributed by atoms with E-state index in [4.69, 9.17) is 4.74 Å². The number of rotatable bonds is 3. The highest BCUT2D eigenvalue weighted by Gasteiger charge is 2.72. The molecule has 5 heteroatoms. The van der Waals surface area contributed by atoms with Gasteiger partial charge in [-0.1, -0.05) is 48.5 Å². The lowest BCUT2D eigenvalue weighted by Gasteiger charge is -2.72. The molecule has 5 rings (SSSR count). The lowest BCUT2D eigenvalue weighted by molar-refractivity contribution is -0.249. The number of Topliss-reactive ketones (excluding diaryl/α,β-unsaturated/α-hetero) is 1. The van der Waals surface area contributed by atoms with Crippen LogP contribution in [0.25, 0.3) is 0 Å². The van der Waals surface area contributed by atoms with Gasteiger partial charge in [0.2, 0.25) is 0 Å². The van der Waals surface area contributed by atoms with Gasteiger partial charge in [0.1, 0.15) is 6.10 Å². The number of carbonyl (C=O) groups is 3.